The van der Waals surface area contributed by atoms with Crippen LogP contribution in [0.5, 0.6) is 0 Å². The number of aliphatic hydroxyl groups excluding tert-OH is 1. The molecular formula is C12H20OS. The lowest BCUT2D eigenvalue weighted by Crippen LogP contribution is -2.26. The van der Waals surface area contributed by atoms with Gasteiger partial charge in [0.25, 0.3) is 0 Å². The van der Waals surface area contributed by atoms with Crippen molar-refractivity contribution in [2.45, 2.75) is 46.6 Å². The van der Waals surface area contributed by atoms with Crippen LogP contribution in [-0.2, 0) is 6.42 Å². The lowest BCUT2D eigenvalue weighted by atomic mass is 9.86. The summed E-state index contributed by atoms with van der Waals surface area (Å²) >= 11 is 1.78. The van der Waals surface area contributed by atoms with Gasteiger partial charge in [-0.3, -0.25) is 0 Å². The molecule has 1 aromatic heterocycles. The van der Waals surface area contributed by atoms with E-state index < -0.39 is 0 Å². The molecule has 1 rings (SSSR count). The summed E-state index contributed by atoms with van der Waals surface area (Å²) in [6.45, 7) is 8.39. The van der Waals surface area contributed by atoms with Gasteiger partial charge in [-0.25, -0.2) is 0 Å². The molecule has 1 nitrogen and oxygen atoms in total. The Morgan fingerprint density at radius 3 is 2.50 bits per heavy atom. The second kappa shape index (κ2) is 4.45. The van der Waals surface area contributed by atoms with Crippen LogP contribution in [0.4, 0.5) is 0 Å². The molecule has 1 aromatic rings. The number of rotatable bonds is 3. The van der Waals surface area contributed by atoms with Crippen LogP contribution < -0.4 is 0 Å². The summed E-state index contributed by atoms with van der Waals surface area (Å²) in [5.74, 6) is 0. The van der Waals surface area contributed by atoms with Crippen LogP contribution in [0.25, 0.3) is 0 Å². The van der Waals surface area contributed by atoms with Crippen molar-refractivity contribution in [3.8, 4) is 0 Å². The minimum Gasteiger partial charge on any atom is -0.393 e. The largest absolute Gasteiger partial charge is 0.393 e. The Kier molecular flexibility index (Phi) is 3.73. The first kappa shape index (κ1) is 11.7. The fraction of sp³-hybridized carbons (Fsp3) is 0.667. The average molecular weight is 212 g/mol. The van der Waals surface area contributed by atoms with Gasteiger partial charge < -0.3 is 5.11 Å². The fourth-order valence-corrected chi connectivity index (χ4v) is 2.15. The van der Waals surface area contributed by atoms with Crippen molar-refractivity contribution in [1.29, 1.82) is 0 Å². The van der Waals surface area contributed by atoms with Crippen molar-refractivity contribution in [1.82, 2.24) is 0 Å². The van der Waals surface area contributed by atoms with Crippen LogP contribution in [0.2, 0.25) is 0 Å². The first-order valence-electron chi connectivity index (χ1n) is 5.12. The molecule has 0 aliphatic rings. The van der Waals surface area contributed by atoms with Crippen LogP contribution in [0.1, 0.15) is 37.6 Å². The highest BCUT2D eigenvalue weighted by Gasteiger charge is 2.21. The van der Waals surface area contributed by atoms with Crippen molar-refractivity contribution < 1.29 is 5.11 Å². The highest BCUT2D eigenvalue weighted by Crippen LogP contribution is 2.24. The summed E-state index contributed by atoms with van der Waals surface area (Å²) in [6, 6.07) is 2.16. The molecule has 80 valence electrons. The summed E-state index contributed by atoms with van der Waals surface area (Å²) in [5, 5.41) is 12.0. The Bertz CT molecular complexity index is 283. The smallest absolute Gasteiger partial charge is 0.0591 e. The summed E-state index contributed by atoms with van der Waals surface area (Å²) in [4.78, 5) is 1.38. The number of hydrogen-bond acceptors (Lipinski definition) is 2. The van der Waals surface area contributed by atoms with Crippen LogP contribution in [0, 0.1) is 12.3 Å². The number of hydrogen-bond donors (Lipinski definition) is 1. The van der Waals surface area contributed by atoms with Gasteiger partial charge in [-0.05, 0) is 42.2 Å². The Labute approximate surface area is 90.8 Å². The van der Waals surface area contributed by atoms with Crippen LogP contribution in [0.15, 0.2) is 11.4 Å². The molecular weight excluding hydrogens is 192 g/mol. The molecule has 0 fully saturated rings. The van der Waals surface area contributed by atoms with E-state index in [1.165, 1.54) is 10.4 Å². The van der Waals surface area contributed by atoms with Crippen molar-refractivity contribution in [2.75, 3.05) is 0 Å². The zero-order chi connectivity index (χ0) is 10.8. The number of aliphatic hydroxyl groups is 1. The first-order chi connectivity index (χ1) is 6.41. The van der Waals surface area contributed by atoms with Gasteiger partial charge in [-0.2, -0.15) is 0 Å². The molecule has 1 unspecified atom stereocenters. The molecule has 0 bridgehead atoms. The van der Waals surface area contributed by atoms with Gasteiger partial charge in [-0.1, -0.05) is 20.8 Å². The molecule has 0 radical (unpaired) electrons. The number of thiophene rings is 1. The minimum absolute atomic E-state index is 0.00390. The zero-order valence-corrected chi connectivity index (χ0v) is 10.3. The van der Waals surface area contributed by atoms with E-state index in [-0.39, 0.29) is 11.5 Å². The van der Waals surface area contributed by atoms with Gasteiger partial charge in [0, 0.05) is 4.88 Å². The normalized spacial score (nSPS) is 14.4. The van der Waals surface area contributed by atoms with Crippen LogP contribution >= 0.6 is 11.3 Å². The molecule has 0 saturated carbocycles. The highest BCUT2D eigenvalue weighted by molar-refractivity contribution is 7.10. The lowest BCUT2D eigenvalue weighted by molar-refractivity contribution is 0.0560. The van der Waals surface area contributed by atoms with Gasteiger partial charge >= 0.3 is 0 Å². The highest BCUT2D eigenvalue weighted by atomic mass is 32.1. The second-order valence-corrected chi connectivity index (χ2v) is 6.04. The maximum Gasteiger partial charge on any atom is 0.0591 e. The van der Waals surface area contributed by atoms with E-state index in [4.69, 9.17) is 0 Å². The van der Waals surface area contributed by atoms with E-state index >= 15 is 0 Å². The summed E-state index contributed by atoms with van der Waals surface area (Å²) in [6.07, 6.45) is 1.65. The second-order valence-electron chi connectivity index (χ2n) is 4.92. The van der Waals surface area contributed by atoms with Crippen molar-refractivity contribution in [3.05, 3.63) is 21.9 Å². The maximum atomic E-state index is 9.88. The van der Waals surface area contributed by atoms with Crippen molar-refractivity contribution >= 4 is 11.3 Å². The summed E-state index contributed by atoms with van der Waals surface area (Å²) in [7, 11) is 0. The van der Waals surface area contributed by atoms with Gasteiger partial charge in [0.2, 0.25) is 0 Å². The van der Waals surface area contributed by atoms with E-state index in [1.807, 2.05) is 0 Å². The third-order valence-electron chi connectivity index (χ3n) is 2.65. The fourth-order valence-electron chi connectivity index (χ4n) is 1.40. The van der Waals surface area contributed by atoms with E-state index in [9.17, 15) is 5.11 Å². The molecule has 1 heterocycles. The Hall–Kier alpha value is -0.340. The van der Waals surface area contributed by atoms with E-state index in [0.717, 1.165) is 12.8 Å². The third kappa shape index (κ3) is 3.10. The van der Waals surface area contributed by atoms with Gasteiger partial charge in [-0.15, -0.1) is 11.3 Å². The third-order valence-corrected chi connectivity index (χ3v) is 3.54. The molecule has 0 aliphatic carbocycles. The quantitative estimate of drug-likeness (QED) is 0.814. The summed E-state index contributed by atoms with van der Waals surface area (Å²) in [5.41, 5.74) is 1.39. The van der Waals surface area contributed by atoms with Gasteiger partial charge in [0.05, 0.1) is 6.10 Å². The Morgan fingerprint density at radius 2 is 2.07 bits per heavy atom. The Morgan fingerprint density at radius 1 is 1.43 bits per heavy atom. The van der Waals surface area contributed by atoms with Crippen molar-refractivity contribution in [2.24, 2.45) is 5.41 Å². The molecule has 0 saturated heterocycles. The van der Waals surface area contributed by atoms with Gasteiger partial charge in [0.15, 0.2) is 0 Å². The van der Waals surface area contributed by atoms with Crippen molar-refractivity contribution in [3.63, 3.8) is 0 Å². The van der Waals surface area contributed by atoms with E-state index in [1.54, 1.807) is 11.3 Å². The molecule has 0 aliphatic heterocycles. The zero-order valence-electron chi connectivity index (χ0n) is 9.50. The topological polar surface area (TPSA) is 20.2 Å². The molecule has 0 amide bonds. The lowest BCUT2D eigenvalue weighted by Gasteiger charge is -2.25. The predicted octanol–water partition coefficient (Wildman–Crippen LogP) is 3.40. The molecule has 1 atom stereocenters. The van der Waals surface area contributed by atoms with E-state index in [0.29, 0.717) is 0 Å². The maximum absolute atomic E-state index is 9.88. The molecule has 14 heavy (non-hydrogen) atoms. The Balaban J connectivity index is 2.46. The van der Waals surface area contributed by atoms with Crippen LogP contribution in [-0.4, -0.2) is 11.2 Å². The standard InChI is InChI=1S/C12H20OS/c1-9-10(7-8-14-9)5-6-11(13)12(2,3)4/h7-8,11,13H,5-6H2,1-4H3. The molecule has 2 heteroatoms. The SMILES string of the molecule is Cc1sccc1CCC(O)C(C)(C)C. The average Bonchev–Trinajstić information content (AvgIpc) is 2.45. The van der Waals surface area contributed by atoms with Gasteiger partial charge in [0.1, 0.15) is 0 Å². The van der Waals surface area contributed by atoms with Crippen LogP contribution in [0.3, 0.4) is 0 Å². The summed E-state index contributed by atoms with van der Waals surface area (Å²) < 4.78 is 0. The molecule has 1 N–H and O–H groups in total. The van der Waals surface area contributed by atoms with E-state index in [2.05, 4.69) is 39.1 Å². The monoisotopic (exact) mass is 212 g/mol. The predicted molar refractivity (Wildman–Crippen MR) is 62.8 cm³/mol. The molecule has 0 spiro atoms. The number of aryl methyl sites for hydroxylation is 2. The minimum atomic E-state index is -0.207. The first-order valence-corrected chi connectivity index (χ1v) is 6.00. The molecule has 0 aromatic carbocycles.